The second-order valence-electron chi connectivity index (χ2n) is 5.03. The molecule has 1 atom stereocenters. The van der Waals surface area contributed by atoms with Crippen molar-refractivity contribution in [2.75, 3.05) is 0 Å². The van der Waals surface area contributed by atoms with Crippen molar-refractivity contribution in [3.05, 3.63) is 70.5 Å². The Bertz CT molecular complexity index is 573. The van der Waals surface area contributed by atoms with Gasteiger partial charge >= 0.3 is 0 Å². The molecule has 2 rings (SSSR count). The summed E-state index contributed by atoms with van der Waals surface area (Å²) in [6, 6.07) is 12.6. The number of hydrogen-bond donors (Lipinski definition) is 1. The minimum absolute atomic E-state index is 0.256. The molecule has 0 aliphatic carbocycles. The maximum Gasteiger partial charge on any atom is 0.123 e. The molecule has 0 fully saturated rings. The zero-order valence-corrected chi connectivity index (χ0v) is 11.0. The van der Waals surface area contributed by atoms with Crippen molar-refractivity contribution in [2.45, 2.75) is 26.3 Å². The average Bonchev–Trinajstić information content (AvgIpc) is 2.28. The number of hydrogen-bond acceptors (Lipinski definition) is 1. The lowest BCUT2D eigenvalue weighted by molar-refractivity contribution is 0.579. The number of rotatable bonds is 2. The van der Waals surface area contributed by atoms with Crippen LogP contribution >= 0.6 is 0 Å². The van der Waals surface area contributed by atoms with Gasteiger partial charge in [-0.25, -0.2) is 4.39 Å². The van der Waals surface area contributed by atoms with Crippen LogP contribution in [-0.2, 0) is 5.54 Å². The third-order valence-electron chi connectivity index (χ3n) is 3.37. The van der Waals surface area contributed by atoms with Crippen LogP contribution in [0, 0.1) is 19.7 Å². The van der Waals surface area contributed by atoms with E-state index in [1.807, 2.05) is 39.0 Å². The van der Waals surface area contributed by atoms with E-state index in [2.05, 4.69) is 6.07 Å². The van der Waals surface area contributed by atoms with Crippen LogP contribution in [0.15, 0.2) is 42.5 Å². The third kappa shape index (κ3) is 2.29. The molecule has 0 saturated carbocycles. The predicted molar refractivity (Wildman–Crippen MR) is 73.0 cm³/mol. The summed E-state index contributed by atoms with van der Waals surface area (Å²) >= 11 is 0. The van der Waals surface area contributed by atoms with E-state index in [0.717, 1.165) is 16.7 Å². The lowest BCUT2D eigenvalue weighted by Crippen LogP contribution is -2.35. The summed E-state index contributed by atoms with van der Waals surface area (Å²) in [6.07, 6.45) is 0. The molecule has 18 heavy (non-hydrogen) atoms. The lowest BCUT2D eigenvalue weighted by atomic mass is 9.83. The van der Waals surface area contributed by atoms with Gasteiger partial charge in [0.25, 0.3) is 0 Å². The molecule has 94 valence electrons. The SMILES string of the molecule is Cc1ccc(C(C)(N)c2cccc(F)c2)c(C)c1. The van der Waals surface area contributed by atoms with E-state index >= 15 is 0 Å². The van der Waals surface area contributed by atoms with Crippen molar-refractivity contribution in [3.8, 4) is 0 Å². The van der Waals surface area contributed by atoms with Crippen molar-refractivity contribution < 1.29 is 4.39 Å². The molecule has 0 amide bonds. The van der Waals surface area contributed by atoms with Gasteiger partial charge in [0.05, 0.1) is 5.54 Å². The van der Waals surface area contributed by atoms with Gasteiger partial charge in [-0.2, -0.15) is 0 Å². The van der Waals surface area contributed by atoms with E-state index in [0.29, 0.717) is 0 Å². The van der Waals surface area contributed by atoms with Gasteiger partial charge in [0.2, 0.25) is 0 Å². The Morgan fingerprint density at radius 2 is 1.78 bits per heavy atom. The van der Waals surface area contributed by atoms with Crippen LogP contribution in [0.1, 0.15) is 29.2 Å². The lowest BCUT2D eigenvalue weighted by Gasteiger charge is -2.28. The highest BCUT2D eigenvalue weighted by atomic mass is 19.1. The molecule has 1 unspecified atom stereocenters. The van der Waals surface area contributed by atoms with Crippen molar-refractivity contribution in [2.24, 2.45) is 5.73 Å². The van der Waals surface area contributed by atoms with Crippen LogP contribution in [-0.4, -0.2) is 0 Å². The van der Waals surface area contributed by atoms with Crippen molar-refractivity contribution in [1.29, 1.82) is 0 Å². The Labute approximate surface area is 107 Å². The Balaban J connectivity index is 2.53. The number of nitrogens with two attached hydrogens (primary N) is 1. The molecule has 0 spiro atoms. The molecule has 0 bridgehead atoms. The number of benzene rings is 2. The summed E-state index contributed by atoms with van der Waals surface area (Å²) in [5, 5.41) is 0. The topological polar surface area (TPSA) is 26.0 Å². The Morgan fingerprint density at radius 1 is 1.06 bits per heavy atom. The molecule has 2 aromatic carbocycles. The minimum atomic E-state index is -0.681. The van der Waals surface area contributed by atoms with E-state index in [-0.39, 0.29) is 5.82 Å². The molecule has 0 heterocycles. The highest BCUT2D eigenvalue weighted by Crippen LogP contribution is 2.29. The molecule has 2 N–H and O–H groups in total. The molecule has 1 nitrogen and oxygen atoms in total. The summed E-state index contributed by atoms with van der Waals surface area (Å²) in [6.45, 7) is 6.00. The monoisotopic (exact) mass is 243 g/mol. The van der Waals surface area contributed by atoms with Gasteiger partial charge in [0.1, 0.15) is 5.82 Å². The van der Waals surface area contributed by atoms with Gasteiger partial charge < -0.3 is 5.73 Å². The summed E-state index contributed by atoms with van der Waals surface area (Å²) in [4.78, 5) is 0. The first-order chi connectivity index (χ1) is 8.41. The third-order valence-corrected chi connectivity index (χ3v) is 3.37. The number of halogens is 1. The Kier molecular flexibility index (Phi) is 3.22. The van der Waals surface area contributed by atoms with Crippen LogP contribution < -0.4 is 5.73 Å². The van der Waals surface area contributed by atoms with Crippen LogP contribution in [0.3, 0.4) is 0 Å². The summed E-state index contributed by atoms with van der Waals surface area (Å²) < 4.78 is 13.3. The van der Waals surface area contributed by atoms with E-state index in [1.54, 1.807) is 6.07 Å². The quantitative estimate of drug-likeness (QED) is 0.855. The largest absolute Gasteiger partial charge is 0.318 e. The van der Waals surface area contributed by atoms with Gasteiger partial charge in [-0.05, 0) is 49.6 Å². The van der Waals surface area contributed by atoms with E-state index in [1.165, 1.54) is 17.7 Å². The fourth-order valence-corrected chi connectivity index (χ4v) is 2.36. The average molecular weight is 243 g/mol. The second-order valence-corrected chi connectivity index (χ2v) is 5.03. The van der Waals surface area contributed by atoms with E-state index in [4.69, 9.17) is 5.73 Å². The van der Waals surface area contributed by atoms with Crippen molar-refractivity contribution >= 4 is 0 Å². The molecular weight excluding hydrogens is 225 g/mol. The molecule has 0 aliphatic heterocycles. The molecule has 2 heteroatoms. The van der Waals surface area contributed by atoms with Crippen LogP contribution in [0.5, 0.6) is 0 Å². The maximum atomic E-state index is 13.3. The standard InChI is InChI=1S/C16H18FN/c1-11-7-8-15(12(2)9-11)16(3,18)13-5-4-6-14(17)10-13/h4-10H,18H2,1-3H3. The zero-order valence-electron chi connectivity index (χ0n) is 11.0. The first-order valence-corrected chi connectivity index (χ1v) is 6.04. The van der Waals surface area contributed by atoms with Gasteiger partial charge in [-0.3, -0.25) is 0 Å². The number of aryl methyl sites for hydroxylation is 2. The summed E-state index contributed by atoms with van der Waals surface area (Å²) in [5.41, 5.74) is 9.87. The highest BCUT2D eigenvalue weighted by molar-refractivity contribution is 5.42. The first kappa shape index (κ1) is 12.8. The van der Waals surface area contributed by atoms with Crippen molar-refractivity contribution in [1.82, 2.24) is 0 Å². The van der Waals surface area contributed by atoms with Gasteiger partial charge in [0, 0.05) is 0 Å². The minimum Gasteiger partial charge on any atom is -0.318 e. The fraction of sp³-hybridized carbons (Fsp3) is 0.250. The summed E-state index contributed by atoms with van der Waals surface area (Å²) in [5.74, 6) is -0.256. The van der Waals surface area contributed by atoms with Gasteiger partial charge in [-0.1, -0.05) is 35.9 Å². The molecule has 2 aromatic rings. The fourth-order valence-electron chi connectivity index (χ4n) is 2.36. The van der Waals surface area contributed by atoms with Crippen molar-refractivity contribution in [3.63, 3.8) is 0 Å². The molecule has 0 saturated heterocycles. The Hall–Kier alpha value is -1.67. The molecular formula is C16H18FN. The second kappa shape index (κ2) is 4.54. The molecule has 0 aliphatic rings. The first-order valence-electron chi connectivity index (χ1n) is 6.04. The summed E-state index contributed by atoms with van der Waals surface area (Å²) in [7, 11) is 0. The van der Waals surface area contributed by atoms with E-state index in [9.17, 15) is 4.39 Å². The Morgan fingerprint density at radius 3 is 2.39 bits per heavy atom. The molecule has 0 aromatic heterocycles. The molecule has 0 radical (unpaired) electrons. The van der Waals surface area contributed by atoms with Crippen LogP contribution in [0.25, 0.3) is 0 Å². The van der Waals surface area contributed by atoms with E-state index < -0.39 is 5.54 Å². The highest BCUT2D eigenvalue weighted by Gasteiger charge is 2.25. The van der Waals surface area contributed by atoms with Gasteiger partial charge in [-0.15, -0.1) is 0 Å². The van der Waals surface area contributed by atoms with Crippen LogP contribution in [0.2, 0.25) is 0 Å². The predicted octanol–water partition coefficient (Wildman–Crippen LogP) is 3.66. The normalized spacial score (nSPS) is 14.3. The van der Waals surface area contributed by atoms with Gasteiger partial charge in [0.15, 0.2) is 0 Å². The zero-order chi connectivity index (χ0) is 13.3. The van der Waals surface area contributed by atoms with Crippen LogP contribution in [0.4, 0.5) is 4.39 Å². The smallest absolute Gasteiger partial charge is 0.123 e. The maximum absolute atomic E-state index is 13.3.